The first-order valence-electron chi connectivity index (χ1n) is 5.96. The first-order valence-corrected chi connectivity index (χ1v) is 7.12. The second-order valence-corrected chi connectivity index (χ2v) is 5.71. The van der Waals surface area contributed by atoms with Gasteiger partial charge >= 0.3 is 5.76 Å². The number of fused-ring (bicyclic) bond motifs is 1. The van der Waals surface area contributed by atoms with Crippen molar-refractivity contribution >= 4 is 34.2 Å². The zero-order valence-electron chi connectivity index (χ0n) is 9.86. The molecule has 1 aromatic carbocycles. The van der Waals surface area contributed by atoms with Crippen LogP contribution in [0, 0.1) is 5.92 Å². The number of rotatable bonds is 3. The molecule has 0 spiro atoms. The van der Waals surface area contributed by atoms with Gasteiger partial charge in [-0.25, -0.2) is 4.79 Å². The predicted octanol–water partition coefficient (Wildman–Crippen LogP) is 1.87. The van der Waals surface area contributed by atoms with Gasteiger partial charge in [-0.2, -0.15) is 11.8 Å². The van der Waals surface area contributed by atoms with Gasteiger partial charge in [-0.3, -0.25) is 4.98 Å². The quantitative estimate of drug-likeness (QED) is 0.738. The highest BCUT2D eigenvalue weighted by molar-refractivity contribution is 7.99. The lowest BCUT2D eigenvalue weighted by Crippen LogP contribution is -2.14. The Morgan fingerprint density at radius 3 is 3.22 bits per heavy atom. The number of nitrogens with two attached hydrogens (primary N) is 1. The van der Waals surface area contributed by atoms with Crippen LogP contribution < -0.4 is 16.8 Å². The van der Waals surface area contributed by atoms with Gasteiger partial charge in [-0.1, -0.05) is 0 Å². The number of hydrogen-bond acceptors (Lipinski definition) is 5. The Balaban J connectivity index is 1.81. The van der Waals surface area contributed by atoms with Crippen LogP contribution in [0.15, 0.2) is 21.3 Å². The van der Waals surface area contributed by atoms with E-state index >= 15 is 0 Å². The highest BCUT2D eigenvalue weighted by atomic mass is 32.2. The maximum atomic E-state index is 11.1. The average Bonchev–Trinajstić information content (AvgIpc) is 2.94. The van der Waals surface area contributed by atoms with E-state index in [-0.39, 0.29) is 0 Å². The molecule has 1 unspecified atom stereocenters. The number of benzene rings is 1. The number of aromatic nitrogens is 1. The molecule has 1 aliphatic rings. The fourth-order valence-electron chi connectivity index (χ4n) is 2.16. The molecular formula is C12H15N3O2S. The van der Waals surface area contributed by atoms with E-state index < -0.39 is 5.76 Å². The van der Waals surface area contributed by atoms with Crippen molar-refractivity contribution in [2.75, 3.05) is 29.1 Å². The summed E-state index contributed by atoms with van der Waals surface area (Å²) in [5.74, 6) is 2.70. The Labute approximate surface area is 108 Å². The fraction of sp³-hybridized carbons (Fsp3) is 0.417. The zero-order chi connectivity index (χ0) is 12.5. The van der Waals surface area contributed by atoms with E-state index in [0.29, 0.717) is 22.7 Å². The highest BCUT2D eigenvalue weighted by Crippen LogP contribution is 2.27. The molecular weight excluding hydrogens is 250 g/mol. The lowest BCUT2D eigenvalue weighted by molar-refractivity contribution is 0.555. The molecule has 1 aliphatic heterocycles. The van der Waals surface area contributed by atoms with E-state index in [4.69, 9.17) is 10.2 Å². The monoisotopic (exact) mass is 265 g/mol. The van der Waals surface area contributed by atoms with Crippen LogP contribution in [0.5, 0.6) is 0 Å². The average molecular weight is 265 g/mol. The molecule has 1 aromatic heterocycles. The van der Waals surface area contributed by atoms with Gasteiger partial charge in [0.05, 0.1) is 16.9 Å². The van der Waals surface area contributed by atoms with Gasteiger partial charge in [0.2, 0.25) is 0 Å². The molecule has 0 radical (unpaired) electrons. The smallest absolute Gasteiger partial charge is 0.408 e. The molecule has 1 saturated heterocycles. The summed E-state index contributed by atoms with van der Waals surface area (Å²) in [5, 5.41) is 3.35. The molecule has 3 rings (SSSR count). The fourth-order valence-corrected chi connectivity index (χ4v) is 3.45. The number of oxazole rings is 1. The van der Waals surface area contributed by atoms with E-state index in [1.165, 1.54) is 17.9 Å². The summed E-state index contributed by atoms with van der Waals surface area (Å²) in [7, 11) is 0. The van der Waals surface area contributed by atoms with Crippen LogP contribution in [-0.2, 0) is 0 Å². The van der Waals surface area contributed by atoms with Crippen LogP contribution in [0.1, 0.15) is 6.42 Å². The van der Waals surface area contributed by atoms with E-state index in [2.05, 4.69) is 10.3 Å². The number of aromatic amines is 1. The third-order valence-electron chi connectivity index (χ3n) is 3.20. The standard InChI is InChI=1S/C12H15N3O2S/c13-8-3-11-10(15-12(16)17-11)4-9(8)14-5-7-1-2-18-6-7/h3-4,7,14H,1-2,5-6,13H2,(H,15,16). The van der Waals surface area contributed by atoms with Gasteiger partial charge in [-0.15, -0.1) is 0 Å². The van der Waals surface area contributed by atoms with Crippen molar-refractivity contribution in [3.8, 4) is 0 Å². The number of nitrogens with one attached hydrogen (secondary N) is 2. The van der Waals surface area contributed by atoms with E-state index in [1.54, 1.807) is 6.07 Å². The first-order chi connectivity index (χ1) is 8.72. The third kappa shape index (κ3) is 2.20. The Bertz CT molecular complexity index is 613. The van der Waals surface area contributed by atoms with Crippen molar-refractivity contribution in [3.63, 3.8) is 0 Å². The van der Waals surface area contributed by atoms with Crippen molar-refractivity contribution in [2.24, 2.45) is 5.92 Å². The second kappa shape index (κ2) is 4.61. The molecule has 1 atom stereocenters. The molecule has 4 N–H and O–H groups in total. The number of anilines is 2. The first kappa shape index (κ1) is 11.5. The van der Waals surface area contributed by atoms with Crippen molar-refractivity contribution in [2.45, 2.75) is 6.42 Å². The van der Waals surface area contributed by atoms with Gasteiger partial charge in [0, 0.05) is 12.6 Å². The summed E-state index contributed by atoms with van der Waals surface area (Å²) in [5.41, 5.74) is 8.58. The molecule has 2 aromatic rings. The van der Waals surface area contributed by atoms with Crippen molar-refractivity contribution in [1.29, 1.82) is 0 Å². The van der Waals surface area contributed by atoms with Crippen LogP contribution in [0.4, 0.5) is 11.4 Å². The predicted molar refractivity (Wildman–Crippen MR) is 75.2 cm³/mol. The van der Waals surface area contributed by atoms with Gasteiger partial charge < -0.3 is 15.5 Å². The Hall–Kier alpha value is -1.56. The van der Waals surface area contributed by atoms with Gasteiger partial charge in [0.25, 0.3) is 0 Å². The molecule has 0 bridgehead atoms. The van der Waals surface area contributed by atoms with E-state index in [1.807, 2.05) is 17.8 Å². The number of thioether (sulfide) groups is 1. The highest BCUT2D eigenvalue weighted by Gasteiger charge is 2.15. The van der Waals surface area contributed by atoms with Crippen LogP contribution in [0.3, 0.4) is 0 Å². The van der Waals surface area contributed by atoms with Gasteiger partial charge in [0.15, 0.2) is 5.58 Å². The summed E-state index contributed by atoms with van der Waals surface area (Å²) in [6, 6.07) is 3.51. The van der Waals surface area contributed by atoms with Crippen molar-refractivity contribution in [1.82, 2.24) is 4.98 Å². The topological polar surface area (TPSA) is 84.0 Å². The summed E-state index contributed by atoms with van der Waals surface area (Å²) in [6.45, 7) is 0.921. The number of hydrogen-bond donors (Lipinski definition) is 3. The zero-order valence-corrected chi connectivity index (χ0v) is 10.7. The summed E-state index contributed by atoms with van der Waals surface area (Å²) >= 11 is 1.99. The molecule has 0 saturated carbocycles. The number of nitrogen functional groups attached to an aromatic ring is 1. The molecule has 2 heterocycles. The van der Waals surface area contributed by atoms with E-state index in [9.17, 15) is 4.79 Å². The summed E-state index contributed by atoms with van der Waals surface area (Å²) in [6.07, 6.45) is 1.25. The van der Waals surface area contributed by atoms with Crippen molar-refractivity contribution in [3.05, 3.63) is 22.7 Å². The molecule has 0 amide bonds. The minimum Gasteiger partial charge on any atom is -0.408 e. The van der Waals surface area contributed by atoms with Crippen LogP contribution in [0.2, 0.25) is 0 Å². The second-order valence-electron chi connectivity index (χ2n) is 4.56. The lowest BCUT2D eigenvalue weighted by Gasteiger charge is -2.12. The van der Waals surface area contributed by atoms with Crippen molar-refractivity contribution < 1.29 is 4.42 Å². The van der Waals surface area contributed by atoms with Gasteiger partial charge in [-0.05, 0) is 29.9 Å². The summed E-state index contributed by atoms with van der Waals surface area (Å²) < 4.78 is 4.96. The summed E-state index contributed by atoms with van der Waals surface area (Å²) in [4.78, 5) is 13.7. The maximum Gasteiger partial charge on any atom is 0.417 e. The Morgan fingerprint density at radius 1 is 1.56 bits per heavy atom. The molecule has 96 valence electrons. The molecule has 5 nitrogen and oxygen atoms in total. The molecule has 1 fully saturated rings. The van der Waals surface area contributed by atoms with Gasteiger partial charge in [0.1, 0.15) is 0 Å². The normalized spacial score (nSPS) is 19.4. The van der Waals surface area contributed by atoms with Crippen LogP contribution >= 0.6 is 11.8 Å². The molecule has 0 aliphatic carbocycles. The maximum absolute atomic E-state index is 11.1. The Kier molecular flexibility index (Phi) is 2.95. The third-order valence-corrected chi connectivity index (χ3v) is 4.43. The van der Waals surface area contributed by atoms with Crippen LogP contribution in [-0.4, -0.2) is 23.0 Å². The largest absolute Gasteiger partial charge is 0.417 e. The minimum absolute atomic E-state index is 0.450. The lowest BCUT2D eigenvalue weighted by atomic mass is 10.1. The number of H-pyrrole nitrogens is 1. The van der Waals surface area contributed by atoms with Crippen LogP contribution in [0.25, 0.3) is 11.1 Å². The molecule has 6 heteroatoms. The Morgan fingerprint density at radius 2 is 2.44 bits per heavy atom. The van der Waals surface area contributed by atoms with E-state index in [0.717, 1.165) is 12.2 Å². The molecule has 18 heavy (non-hydrogen) atoms. The SMILES string of the molecule is Nc1cc2oc(=O)[nH]c2cc1NCC1CCSC1. The minimum atomic E-state index is -0.450.